The number of ketones is 3. The molecule has 27 heteroatoms. The second kappa shape index (κ2) is 40.4. The number of aliphatic hydroxyl groups is 3. The number of Topliss-reactive ketones (excluding diaryl/α,β-unsaturated/α-hetero) is 3. The molecule has 0 saturated heterocycles. The Morgan fingerprint density at radius 3 is 1.16 bits per heavy atom. The van der Waals surface area contributed by atoms with Crippen molar-refractivity contribution < 1.29 is 86.0 Å². The molecule has 125 heavy (non-hydrogen) atoms. The molecular formula is C98H105Cl2F2N7O16. The number of pyridine rings is 3. The van der Waals surface area contributed by atoms with Gasteiger partial charge in [-0.25, -0.2) is 33.3 Å². The Morgan fingerprint density at radius 2 is 0.800 bits per heavy atom. The Kier molecular flexibility index (Phi) is 30.3. The maximum absolute atomic E-state index is 14.0. The van der Waals surface area contributed by atoms with Gasteiger partial charge in [0.05, 0.1) is 89.8 Å². The van der Waals surface area contributed by atoms with Crippen LogP contribution in [-0.4, -0.2) is 99.4 Å². The van der Waals surface area contributed by atoms with E-state index in [2.05, 4.69) is 20.6 Å². The lowest BCUT2D eigenvalue weighted by Crippen LogP contribution is -2.41. The monoisotopic (exact) mass is 1740 g/mol. The highest BCUT2D eigenvalue weighted by atomic mass is 35.5. The van der Waals surface area contributed by atoms with Gasteiger partial charge < -0.3 is 69.6 Å². The fourth-order valence-electron chi connectivity index (χ4n) is 13.2. The molecular weight excluding hydrogens is 1640 g/mol. The highest BCUT2D eigenvalue weighted by Gasteiger charge is 2.37. The van der Waals surface area contributed by atoms with Crippen LogP contribution >= 0.6 is 23.2 Å². The number of hydrogen-bond donors (Lipinski definition) is 6. The summed E-state index contributed by atoms with van der Waals surface area (Å²) < 4.78 is 72.6. The summed E-state index contributed by atoms with van der Waals surface area (Å²) in [4.78, 5) is 78.3. The number of benzene rings is 7. The molecule has 10 aromatic rings. The molecule has 0 bridgehead atoms. The van der Waals surface area contributed by atoms with Crippen LogP contribution in [0.15, 0.2) is 188 Å². The predicted octanol–water partition coefficient (Wildman–Crippen LogP) is 19.8. The lowest BCUT2D eigenvalue weighted by molar-refractivity contribution is 0.0394. The third-order valence-corrected chi connectivity index (χ3v) is 22.1. The Balaban J connectivity index is 0.000000183. The van der Waals surface area contributed by atoms with E-state index in [0.29, 0.717) is 102 Å². The van der Waals surface area contributed by atoms with E-state index in [1.807, 2.05) is 80.6 Å². The van der Waals surface area contributed by atoms with Crippen molar-refractivity contribution in [3.63, 3.8) is 0 Å². The lowest BCUT2D eigenvalue weighted by atomic mass is 9.87. The second-order valence-electron chi connectivity index (χ2n) is 33.7. The number of carbonyl (C=O) groups excluding carboxylic acids is 5. The van der Waals surface area contributed by atoms with Crippen LogP contribution in [0.4, 0.5) is 18.4 Å². The third kappa shape index (κ3) is 26.1. The lowest BCUT2D eigenvalue weighted by Gasteiger charge is -2.30. The number of amides is 2. The van der Waals surface area contributed by atoms with Gasteiger partial charge in [0.1, 0.15) is 52.9 Å². The van der Waals surface area contributed by atoms with Crippen molar-refractivity contribution in [1.82, 2.24) is 25.6 Å². The number of hydrogen-bond acceptors (Lipinski definition) is 21. The average molecular weight is 1750 g/mol. The van der Waals surface area contributed by atoms with Crippen LogP contribution in [0.25, 0.3) is 22.5 Å². The minimum Gasteiger partial charge on any atom is -0.493 e. The van der Waals surface area contributed by atoms with Crippen molar-refractivity contribution in [3.05, 3.63) is 277 Å². The van der Waals surface area contributed by atoms with E-state index < -0.39 is 57.2 Å². The van der Waals surface area contributed by atoms with Crippen molar-refractivity contribution >= 4 is 52.7 Å². The fourth-order valence-corrected chi connectivity index (χ4v) is 13.6. The van der Waals surface area contributed by atoms with Crippen molar-refractivity contribution in [2.45, 2.75) is 204 Å². The van der Waals surface area contributed by atoms with Crippen LogP contribution in [-0.2, 0) is 56.1 Å². The molecule has 3 saturated carbocycles. The van der Waals surface area contributed by atoms with E-state index in [4.69, 9.17) is 71.8 Å². The van der Waals surface area contributed by atoms with Crippen LogP contribution in [0.1, 0.15) is 221 Å². The van der Waals surface area contributed by atoms with Gasteiger partial charge in [0.2, 0.25) is 0 Å². The first-order valence-electron chi connectivity index (χ1n) is 41.2. The fraction of sp³-hybridized carbons (Fsp3) is 0.357. The topological polar surface area (TPSA) is 332 Å². The zero-order valence-corrected chi connectivity index (χ0v) is 73.6. The molecule has 0 radical (unpaired) electrons. The summed E-state index contributed by atoms with van der Waals surface area (Å²) in [6, 6.07) is 54.4. The number of nitrogens with two attached hydrogens (primary N) is 1. The minimum absolute atomic E-state index is 0.00998. The van der Waals surface area contributed by atoms with E-state index >= 15 is 0 Å². The normalized spacial score (nSPS) is 14.6. The molecule has 3 aliphatic carbocycles. The number of carbonyl (C=O) groups is 5. The number of methoxy groups -OCH3 is 3. The van der Waals surface area contributed by atoms with Crippen molar-refractivity contribution in [1.29, 1.82) is 5.26 Å². The Morgan fingerprint density at radius 1 is 0.448 bits per heavy atom. The molecule has 3 aliphatic rings. The maximum atomic E-state index is 14.0. The molecule has 7 N–H and O–H groups in total. The molecule has 3 heterocycles. The standard InChI is InChI=1S/C37H38ClFN2O6.C31H35ClN2O6.C30H32FN3O4/c1-36(2,41-35(43)46-22-23-8-6-5-7-9-23)26-20-30(24-10-14-29(39)28(38)18-24)40-34(21-26)37(3,44)17-16-31(42)25-11-15-32(33(19-25)45-4)47-27-12-13-27;1-30(2,34-29(36)39-19-20-8-6-5-7-9-20)22-17-27(33-28(32)18-22)31(3,37)15-14-24(35)21-10-13-25(26(16-21)38-4)40-23-11-12-23;1-29(2,33)21-15-24(18-5-9-23(31)20(13-18)17-32)34-28(16-21)30(3,36)12-11-25(35)19-6-10-26(27(14-19)37-4)38-22-7-8-22/h5-11,14-15,18-21,27,44H,12-13,16-17,22H2,1-4H3,(H,41,43);5-10,13,16-18,23,37H,11-12,14-15,19H2,1-4H3,(H,34,36);5-6,9-10,13-16,22,36H,7-8,11-12,33H2,1-4H3. The van der Waals surface area contributed by atoms with Crippen LogP contribution in [0, 0.1) is 23.0 Å². The van der Waals surface area contributed by atoms with Gasteiger partial charge in [-0.15, -0.1) is 0 Å². The van der Waals surface area contributed by atoms with Gasteiger partial charge >= 0.3 is 12.2 Å². The van der Waals surface area contributed by atoms with Crippen LogP contribution in [0.5, 0.6) is 34.5 Å². The van der Waals surface area contributed by atoms with Gasteiger partial charge in [0.15, 0.2) is 51.8 Å². The highest BCUT2D eigenvalue weighted by Crippen LogP contribution is 2.42. The van der Waals surface area contributed by atoms with E-state index in [9.17, 15) is 53.3 Å². The van der Waals surface area contributed by atoms with Crippen molar-refractivity contribution in [3.8, 4) is 63.1 Å². The molecule has 3 fully saturated rings. The first kappa shape index (κ1) is 93.8. The summed E-state index contributed by atoms with van der Waals surface area (Å²) in [5, 5.41) is 49.5. The molecule has 0 spiro atoms. The largest absolute Gasteiger partial charge is 0.493 e. The maximum Gasteiger partial charge on any atom is 0.408 e. The summed E-state index contributed by atoms with van der Waals surface area (Å²) in [7, 11) is 4.60. The summed E-state index contributed by atoms with van der Waals surface area (Å²) >= 11 is 12.4. The molecule has 3 unspecified atom stereocenters. The van der Waals surface area contributed by atoms with Gasteiger partial charge in [-0.3, -0.25) is 14.4 Å². The number of aromatic nitrogens is 3. The Hall–Kier alpha value is -11.9. The number of halogens is 4. The minimum atomic E-state index is -1.56. The van der Waals surface area contributed by atoms with Crippen LogP contribution in [0.2, 0.25) is 10.2 Å². The van der Waals surface area contributed by atoms with Gasteiger partial charge in [0, 0.05) is 52.6 Å². The first-order chi connectivity index (χ1) is 59.2. The average Bonchev–Trinajstić information content (AvgIpc) is 1.44. The zero-order valence-electron chi connectivity index (χ0n) is 72.1. The Bertz CT molecular complexity index is 5590. The van der Waals surface area contributed by atoms with Gasteiger partial charge in [0.25, 0.3) is 0 Å². The zero-order chi connectivity index (χ0) is 90.3. The molecule has 3 aromatic heterocycles. The number of nitriles is 1. The van der Waals surface area contributed by atoms with E-state index in [1.54, 1.807) is 139 Å². The molecule has 7 aromatic carbocycles. The third-order valence-electron chi connectivity index (χ3n) is 21.6. The number of nitrogens with zero attached hydrogens (tertiary/aromatic N) is 4. The molecule has 23 nitrogen and oxygen atoms in total. The summed E-state index contributed by atoms with van der Waals surface area (Å²) in [6.45, 7) is 15.8. The van der Waals surface area contributed by atoms with Gasteiger partial charge in [-0.1, -0.05) is 83.9 Å². The van der Waals surface area contributed by atoms with Crippen molar-refractivity contribution in [2.24, 2.45) is 5.73 Å². The number of rotatable bonds is 35. The molecule has 2 amide bonds. The summed E-state index contributed by atoms with van der Waals surface area (Å²) in [6.07, 6.45) is 5.80. The predicted molar refractivity (Wildman–Crippen MR) is 470 cm³/mol. The highest BCUT2D eigenvalue weighted by molar-refractivity contribution is 6.31. The quantitative estimate of drug-likeness (QED) is 0.0159. The molecule has 656 valence electrons. The summed E-state index contributed by atoms with van der Waals surface area (Å²) in [5.41, 5.74) is 6.86. The molecule has 0 aliphatic heterocycles. The van der Waals surface area contributed by atoms with Gasteiger partial charge in [-0.05, 0) is 275 Å². The number of ether oxygens (including phenoxy) is 8. The van der Waals surface area contributed by atoms with Gasteiger partial charge in [-0.2, -0.15) is 5.26 Å². The van der Waals surface area contributed by atoms with E-state index in [0.717, 1.165) is 49.7 Å². The Labute approximate surface area is 736 Å². The SMILES string of the molecule is COc1cc(C(=O)CCC(C)(O)c2cc(C(C)(C)N)cc(-c3ccc(F)c(C#N)c3)n2)ccc1OC1CC1.COc1cc(C(=O)CCC(C)(O)c2cc(C(C)(C)NC(=O)OCc3ccccc3)cc(-c3ccc(F)c(Cl)c3)n2)ccc1OC1CC1.COc1cc(C(=O)CCC(C)(O)c2cc(C(C)(C)NC(=O)OCc3ccccc3)cc(Cl)n2)ccc1OC1CC1. The smallest absolute Gasteiger partial charge is 0.408 e. The number of alkyl carbamates (subject to hydrolysis) is 2. The van der Waals surface area contributed by atoms with Crippen LogP contribution in [0.3, 0.4) is 0 Å². The number of nitrogens with one attached hydrogen (secondary N) is 2. The first-order valence-corrected chi connectivity index (χ1v) is 42.0. The van der Waals surface area contributed by atoms with Crippen LogP contribution < -0.4 is 44.8 Å². The molecule has 3 atom stereocenters. The second-order valence-corrected chi connectivity index (χ2v) is 34.5. The molecule has 13 rings (SSSR count). The van der Waals surface area contributed by atoms with Crippen molar-refractivity contribution in [2.75, 3.05) is 21.3 Å². The van der Waals surface area contributed by atoms with E-state index in [-0.39, 0.29) is 109 Å². The summed E-state index contributed by atoms with van der Waals surface area (Å²) in [5.74, 6) is 1.59. The van der Waals surface area contributed by atoms with E-state index in [1.165, 1.54) is 57.7 Å².